The molecule has 3 aromatic rings. The average molecular weight is 545 g/mol. The molecular formula is C27H31F3N6OS. The van der Waals surface area contributed by atoms with Crippen molar-refractivity contribution < 1.29 is 18.0 Å². The van der Waals surface area contributed by atoms with Gasteiger partial charge in [-0.1, -0.05) is 23.8 Å². The highest BCUT2D eigenvalue weighted by Crippen LogP contribution is 2.74. The third-order valence-corrected chi connectivity index (χ3v) is 10.4. The molecule has 2 unspecified atom stereocenters. The van der Waals surface area contributed by atoms with Crippen LogP contribution in [0.15, 0.2) is 24.3 Å². The Balaban J connectivity index is 1.17. The number of hydrogen-bond acceptors (Lipinski definition) is 6. The normalized spacial score (nSPS) is 28.8. The summed E-state index contributed by atoms with van der Waals surface area (Å²) in [6.07, 6.45) is 0.899. The van der Waals surface area contributed by atoms with Gasteiger partial charge in [-0.3, -0.25) is 4.79 Å². The number of halogens is 3. The number of piperidine rings is 1. The number of aromatic nitrogens is 3. The number of nitrogens with zero attached hydrogens (tertiary/aromatic N) is 4. The highest BCUT2D eigenvalue weighted by molar-refractivity contribution is 7.14. The summed E-state index contributed by atoms with van der Waals surface area (Å²) in [6.45, 7) is 1.36. The fourth-order valence-electron chi connectivity index (χ4n) is 7.21. The molecule has 11 heteroatoms. The predicted octanol–water partition coefficient (Wildman–Crippen LogP) is 4.89. The van der Waals surface area contributed by atoms with Gasteiger partial charge < -0.3 is 20.1 Å². The molecule has 1 aliphatic heterocycles. The van der Waals surface area contributed by atoms with Gasteiger partial charge in [0.2, 0.25) is 5.91 Å². The lowest BCUT2D eigenvalue weighted by Gasteiger charge is -2.44. The number of benzene rings is 1. The summed E-state index contributed by atoms with van der Waals surface area (Å²) in [7, 11) is 2.18. The van der Waals surface area contributed by atoms with E-state index in [0.717, 1.165) is 43.4 Å². The molecule has 2 aromatic heterocycles. The number of amides is 1. The van der Waals surface area contributed by atoms with Crippen LogP contribution in [0.4, 0.5) is 18.9 Å². The van der Waals surface area contributed by atoms with Crippen molar-refractivity contribution in [3.05, 3.63) is 29.3 Å². The number of likely N-dealkylation sites (tertiary alicyclic amines) is 1. The Bertz CT molecular complexity index is 1400. The summed E-state index contributed by atoms with van der Waals surface area (Å²) in [5.74, 6) is 1.44. The molecule has 202 valence electrons. The molecule has 2 N–H and O–H groups in total. The first-order valence-corrected chi connectivity index (χ1v) is 14.3. The van der Waals surface area contributed by atoms with Crippen LogP contribution < -0.4 is 10.6 Å². The van der Waals surface area contributed by atoms with Crippen LogP contribution in [0.5, 0.6) is 0 Å². The quantitative estimate of drug-likeness (QED) is 0.443. The number of alkyl halides is 3. The second-order valence-electron chi connectivity index (χ2n) is 11.6. The van der Waals surface area contributed by atoms with Gasteiger partial charge >= 0.3 is 6.18 Å². The summed E-state index contributed by atoms with van der Waals surface area (Å²) in [4.78, 5) is 14.6. The van der Waals surface area contributed by atoms with Crippen LogP contribution >= 0.6 is 11.3 Å². The third-order valence-electron chi connectivity index (χ3n) is 9.49. The minimum Gasteiger partial charge on any atom is -0.381 e. The third kappa shape index (κ3) is 3.92. The number of nitrogens with one attached hydrogen (secondary N) is 2. The number of fused-ring (bicyclic) bond motifs is 1. The zero-order valence-electron chi connectivity index (χ0n) is 21.2. The lowest BCUT2D eigenvalue weighted by atomic mass is 9.68. The Hall–Kier alpha value is -2.66. The number of anilines is 1. The van der Waals surface area contributed by atoms with Crippen molar-refractivity contribution in [1.82, 2.24) is 25.0 Å². The van der Waals surface area contributed by atoms with Crippen molar-refractivity contribution in [1.29, 1.82) is 0 Å². The molecule has 38 heavy (non-hydrogen) atoms. The van der Waals surface area contributed by atoms with E-state index >= 15 is 0 Å². The molecule has 4 aliphatic rings. The first kappa shape index (κ1) is 24.4. The monoisotopic (exact) mass is 544 g/mol. The van der Waals surface area contributed by atoms with E-state index < -0.39 is 12.7 Å². The molecule has 3 saturated carbocycles. The second kappa shape index (κ2) is 8.67. The summed E-state index contributed by atoms with van der Waals surface area (Å²) in [6, 6.07) is 7.75. The Morgan fingerprint density at radius 1 is 1.26 bits per heavy atom. The maximum Gasteiger partial charge on any atom is 0.406 e. The first-order chi connectivity index (χ1) is 18.2. The van der Waals surface area contributed by atoms with Crippen molar-refractivity contribution in [3.8, 4) is 10.7 Å². The number of rotatable bonds is 7. The molecule has 7 rings (SSSR count). The van der Waals surface area contributed by atoms with Crippen molar-refractivity contribution in [3.63, 3.8) is 0 Å². The van der Waals surface area contributed by atoms with Crippen molar-refractivity contribution in [2.75, 3.05) is 25.5 Å². The van der Waals surface area contributed by atoms with E-state index in [1.54, 1.807) is 6.07 Å². The fourth-order valence-corrected chi connectivity index (χ4v) is 8.01. The Morgan fingerprint density at radius 3 is 2.84 bits per heavy atom. The molecule has 1 aromatic carbocycles. The lowest BCUT2D eigenvalue weighted by molar-refractivity contribution is -0.139. The fraction of sp³-hybridized carbons (Fsp3) is 0.593. The van der Waals surface area contributed by atoms with E-state index in [1.165, 1.54) is 28.7 Å². The molecule has 4 fully saturated rings. The van der Waals surface area contributed by atoms with Crippen LogP contribution in [0.2, 0.25) is 0 Å². The molecule has 1 amide bonds. The molecule has 4 atom stereocenters. The molecule has 1 spiro atoms. The van der Waals surface area contributed by atoms with E-state index in [1.807, 2.05) is 18.2 Å². The zero-order chi connectivity index (χ0) is 26.2. The van der Waals surface area contributed by atoms with Gasteiger partial charge in [-0.25, -0.2) is 0 Å². The van der Waals surface area contributed by atoms with E-state index in [2.05, 4.69) is 32.8 Å². The number of carbonyl (C=O) groups is 1. The molecule has 3 aliphatic carbocycles. The summed E-state index contributed by atoms with van der Waals surface area (Å²) in [5.41, 5.74) is 2.16. The summed E-state index contributed by atoms with van der Waals surface area (Å²) in [5, 5.41) is 16.8. The standard InChI is InChI=1S/C27H31F3N6OS/c1-35-9-8-26-16(13-35)10-18(26)23(26)32-19-6-3-7-20-17(19)11-21(36(20)14-27(28,29)30)25-34-33-22(38-25)12-31-24(37)15-4-2-5-15/h3,6-7,11,15-16,18,23,32H,2,4-5,8-10,12-14H2,1H3,(H,31,37)/t16-,18?,23?,26+/m0/s1. The second-order valence-corrected chi connectivity index (χ2v) is 12.7. The van der Waals surface area contributed by atoms with Gasteiger partial charge in [0.1, 0.15) is 11.6 Å². The van der Waals surface area contributed by atoms with E-state index in [4.69, 9.17) is 0 Å². The number of carbonyl (C=O) groups excluding carboxylic acids is 1. The van der Waals surface area contributed by atoms with Gasteiger partial charge in [0.15, 0.2) is 5.01 Å². The maximum absolute atomic E-state index is 13.7. The first-order valence-electron chi connectivity index (χ1n) is 13.5. The summed E-state index contributed by atoms with van der Waals surface area (Å²) >= 11 is 1.23. The zero-order valence-corrected chi connectivity index (χ0v) is 22.0. The number of hydrogen-bond donors (Lipinski definition) is 2. The molecular weight excluding hydrogens is 513 g/mol. The average Bonchev–Trinajstić information content (AvgIpc) is 3.20. The van der Waals surface area contributed by atoms with Crippen molar-refractivity contribution >= 4 is 33.8 Å². The Morgan fingerprint density at radius 2 is 2.11 bits per heavy atom. The Labute approximate surface area is 222 Å². The highest BCUT2D eigenvalue weighted by Gasteiger charge is 2.76. The van der Waals surface area contributed by atoms with Crippen LogP contribution in [-0.4, -0.2) is 57.9 Å². The van der Waals surface area contributed by atoms with E-state index in [-0.39, 0.29) is 18.4 Å². The van der Waals surface area contributed by atoms with Gasteiger partial charge in [-0.2, -0.15) is 13.2 Å². The predicted molar refractivity (Wildman–Crippen MR) is 140 cm³/mol. The van der Waals surface area contributed by atoms with Crippen LogP contribution in [0, 0.1) is 23.2 Å². The van der Waals surface area contributed by atoms with Gasteiger partial charge in [0.05, 0.1) is 17.8 Å². The lowest BCUT2D eigenvalue weighted by Crippen LogP contribution is -2.45. The highest BCUT2D eigenvalue weighted by atomic mass is 32.1. The van der Waals surface area contributed by atoms with Gasteiger partial charge in [0, 0.05) is 35.0 Å². The minimum atomic E-state index is -4.38. The van der Waals surface area contributed by atoms with Crippen LogP contribution in [0.1, 0.15) is 37.1 Å². The molecule has 0 radical (unpaired) electrons. The maximum atomic E-state index is 13.7. The van der Waals surface area contributed by atoms with Crippen molar-refractivity contribution in [2.24, 2.45) is 23.2 Å². The molecule has 1 saturated heterocycles. The van der Waals surface area contributed by atoms with Crippen LogP contribution in [0.25, 0.3) is 21.6 Å². The van der Waals surface area contributed by atoms with Gasteiger partial charge in [0.25, 0.3) is 0 Å². The van der Waals surface area contributed by atoms with Gasteiger partial charge in [-0.15, -0.1) is 10.2 Å². The SMILES string of the molecule is CN1CC[C@]23C(C[C@H]2C1)C3Nc1cccc2c1cc(-c1nnc(CNC(=O)C3CCC3)s1)n2CC(F)(F)F. The molecule has 7 nitrogen and oxygen atoms in total. The van der Waals surface area contributed by atoms with E-state index in [0.29, 0.717) is 44.5 Å². The topological polar surface area (TPSA) is 75.1 Å². The largest absolute Gasteiger partial charge is 0.406 e. The van der Waals surface area contributed by atoms with Gasteiger partial charge in [-0.05, 0) is 69.3 Å². The van der Waals surface area contributed by atoms with Crippen LogP contribution in [0.3, 0.4) is 0 Å². The van der Waals surface area contributed by atoms with Crippen LogP contribution in [-0.2, 0) is 17.9 Å². The van der Waals surface area contributed by atoms with E-state index in [9.17, 15) is 18.0 Å². The smallest absolute Gasteiger partial charge is 0.381 e. The minimum absolute atomic E-state index is 0.00950. The van der Waals surface area contributed by atoms with Crippen molar-refractivity contribution in [2.45, 2.75) is 57.4 Å². The Kier molecular flexibility index (Phi) is 5.57. The molecule has 3 heterocycles. The summed E-state index contributed by atoms with van der Waals surface area (Å²) < 4.78 is 42.4. The molecule has 0 bridgehead atoms.